The maximum atomic E-state index is 12.8. The van der Waals surface area contributed by atoms with Crippen molar-refractivity contribution in [2.45, 2.75) is 31.8 Å². The van der Waals surface area contributed by atoms with Gasteiger partial charge in [-0.15, -0.1) is 12.6 Å². The van der Waals surface area contributed by atoms with Gasteiger partial charge in [0.1, 0.15) is 0 Å². The average Bonchev–Trinajstić information content (AvgIpc) is 2.74. The fourth-order valence-corrected chi connectivity index (χ4v) is 3.77. The zero-order valence-electron chi connectivity index (χ0n) is 16.7. The summed E-state index contributed by atoms with van der Waals surface area (Å²) in [6.07, 6.45) is 1.66. The van der Waals surface area contributed by atoms with E-state index in [1.165, 1.54) is 5.56 Å². The number of carbonyl (C=O) groups is 2. The van der Waals surface area contributed by atoms with E-state index < -0.39 is 0 Å². The van der Waals surface area contributed by atoms with Crippen molar-refractivity contribution in [3.63, 3.8) is 0 Å². The molecule has 6 heteroatoms. The largest absolute Gasteiger partial charge is 0.335 e. The van der Waals surface area contributed by atoms with Crippen molar-refractivity contribution in [3.8, 4) is 0 Å². The molecule has 1 unspecified atom stereocenters. The van der Waals surface area contributed by atoms with Crippen LogP contribution in [-0.2, 0) is 17.8 Å². The van der Waals surface area contributed by atoms with Crippen molar-refractivity contribution in [1.82, 2.24) is 15.1 Å². The number of nitrogens with zero attached hydrogens (tertiary/aromatic N) is 2. The molecule has 2 amide bonds. The highest BCUT2D eigenvalue weighted by Crippen LogP contribution is 2.12. The van der Waals surface area contributed by atoms with E-state index in [2.05, 4.69) is 47.1 Å². The quantitative estimate of drug-likeness (QED) is 0.655. The van der Waals surface area contributed by atoms with Crippen LogP contribution in [0.25, 0.3) is 0 Å². The van der Waals surface area contributed by atoms with Gasteiger partial charge in [-0.05, 0) is 24.0 Å². The standard InChI is InChI=1S/C23H29N3O2S/c27-22(29)12-11-21(17-19-7-3-1-4-8-19)24-23(28)26-15-13-25(14-16-26)18-20-9-5-2-6-10-20/h1-10,21H,11-18H2,(H,24,28)(H,27,29). The maximum absolute atomic E-state index is 12.8. The van der Waals surface area contributed by atoms with Gasteiger partial charge in [-0.3, -0.25) is 9.69 Å². The summed E-state index contributed by atoms with van der Waals surface area (Å²) in [6, 6.07) is 20.3. The number of nitrogens with one attached hydrogen (secondary N) is 1. The van der Waals surface area contributed by atoms with Gasteiger partial charge in [0.2, 0.25) is 0 Å². The first-order chi connectivity index (χ1) is 14.1. The Balaban J connectivity index is 1.50. The number of rotatable bonds is 8. The Morgan fingerprint density at radius 3 is 2.07 bits per heavy atom. The number of thiol groups is 1. The van der Waals surface area contributed by atoms with Crippen LogP contribution in [-0.4, -0.2) is 53.2 Å². The summed E-state index contributed by atoms with van der Waals surface area (Å²) >= 11 is 3.87. The lowest BCUT2D eigenvalue weighted by molar-refractivity contribution is -0.111. The van der Waals surface area contributed by atoms with Gasteiger partial charge in [0.25, 0.3) is 0 Å². The second kappa shape index (κ2) is 11.0. The minimum absolute atomic E-state index is 0.0445. The molecule has 0 aliphatic carbocycles. The molecule has 1 N–H and O–H groups in total. The summed E-state index contributed by atoms with van der Waals surface area (Å²) in [5.74, 6) is 0. The minimum atomic E-state index is -0.146. The fourth-order valence-electron chi connectivity index (χ4n) is 3.64. The van der Waals surface area contributed by atoms with E-state index in [-0.39, 0.29) is 17.2 Å². The van der Waals surface area contributed by atoms with Gasteiger partial charge in [-0.1, -0.05) is 60.7 Å². The maximum Gasteiger partial charge on any atom is 0.317 e. The lowest BCUT2D eigenvalue weighted by Crippen LogP contribution is -2.53. The number of benzene rings is 2. The summed E-state index contributed by atoms with van der Waals surface area (Å²) in [5, 5.41) is 2.99. The molecule has 1 saturated heterocycles. The van der Waals surface area contributed by atoms with Gasteiger partial charge in [0, 0.05) is 45.2 Å². The van der Waals surface area contributed by atoms with Gasteiger partial charge in [0.15, 0.2) is 5.12 Å². The Hall–Kier alpha value is -2.31. The monoisotopic (exact) mass is 411 g/mol. The second-order valence-corrected chi connectivity index (χ2v) is 8.02. The van der Waals surface area contributed by atoms with Crippen molar-refractivity contribution in [1.29, 1.82) is 0 Å². The van der Waals surface area contributed by atoms with Crippen LogP contribution < -0.4 is 5.32 Å². The summed E-state index contributed by atoms with van der Waals surface area (Å²) in [6.45, 7) is 4.06. The number of hydrogen-bond acceptors (Lipinski definition) is 3. The fraction of sp³-hybridized carbons (Fsp3) is 0.391. The number of piperazine rings is 1. The molecule has 2 aromatic rings. The van der Waals surface area contributed by atoms with E-state index in [0.29, 0.717) is 32.4 Å². The van der Waals surface area contributed by atoms with Crippen LogP contribution >= 0.6 is 12.6 Å². The van der Waals surface area contributed by atoms with Gasteiger partial charge in [-0.2, -0.15) is 0 Å². The highest BCUT2D eigenvalue weighted by molar-refractivity contribution is 7.96. The molecule has 2 aromatic carbocycles. The smallest absolute Gasteiger partial charge is 0.317 e. The predicted octanol–water partition coefficient (Wildman–Crippen LogP) is 3.36. The van der Waals surface area contributed by atoms with E-state index in [1.807, 2.05) is 41.3 Å². The molecule has 0 bridgehead atoms. The van der Waals surface area contributed by atoms with Crippen molar-refractivity contribution in [3.05, 3.63) is 71.8 Å². The van der Waals surface area contributed by atoms with E-state index in [0.717, 1.165) is 25.2 Å². The third kappa shape index (κ3) is 7.22. The zero-order chi connectivity index (χ0) is 20.5. The van der Waals surface area contributed by atoms with Crippen LogP contribution in [0.4, 0.5) is 4.79 Å². The Morgan fingerprint density at radius 1 is 0.897 bits per heavy atom. The van der Waals surface area contributed by atoms with Crippen molar-refractivity contribution < 1.29 is 9.59 Å². The third-order valence-corrected chi connectivity index (χ3v) is 5.49. The molecule has 1 fully saturated rings. The van der Waals surface area contributed by atoms with E-state index >= 15 is 0 Å². The Morgan fingerprint density at radius 2 is 1.48 bits per heavy atom. The molecular weight excluding hydrogens is 382 g/mol. The molecule has 29 heavy (non-hydrogen) atoms. The zero-order valence-corrected chi connectivity index (χ0v) is 17.6. The number of hydrogen-bond donors (Lipinski definition) is 2. The second-order valence-electron chi connectivity index (χ2n) is 7.52. The van der Waals surface area contributed by atoms with Crippen molar-refractivity contribution >= 4 is 23.8 Å². The molecule has 0 aromatic heterocycles. The minimum Gasteiger partial charge on any atom is -0.335 e. The predicted molar refractivity (Wildman–Crippen MR) is 119 cm³/mol. The lowest BCUT2D eigenvalue weighted by atomic mass is 10.0. The van der Waals surface area contributed by atoms with Crippen molar-refractivity contribution in [2.24, 2.45) is 0 Å². The Labute approximate surface area is 178 Å². The third-order valence-electron chi connectivity index (χ3n) is 5.27. The molecule has 0 radical (unpaired) electrons. The van der Waals surface area contributed by atoms with E-state index in [9.17, 15) is 9.59 Å². The topological polar surface area (TPSA) is 52.7 Å². The normalized spacial score (nSPS) is 15.7. The molecule has 1 aliphatic heterocycles. The molecule has 0 saturated carbocycles. The SMILES string of the molecule is O=C(S)CCC(Cc1ccccc1)NC(=O)N1CCN(Cc2ccccc2)CC1. The molecule has 3 rings (SSSR count). The number of urea groups is 1. The summed E-state index contributed by atoms with van der Waals surface area (Å²) in [4.78, 5) is 28.4. The van der Waals surface area contributed by atoms with Crippen LogP contribution in [0.2, 0.25) is 0 Å². The van der Waals surface area contributed by atoms with Gasteiger partial charge < -0.3 is 10.2 Å². The van der Waals surface area contributed by atoms with Gasteiger partial charge >= 0.3 is 6.03 Å². The van der Waals surface area contributed by atoms with Crippen LogP contribution in [0.3, 0.4) is 0 Å². The highest BCUT2D eigenvalue weighted by atomic mass is 32.1. The highest BCUT2D eigenvalue weighted by Gasteiger charge is 2.23. The first-order valence-corrected chi connectivity index (χ1v) is 10.6. The van der Waals surface area contributed by atoms with Crippen LogP contribution in [0.15, 0.2) is 60.7 Å². The molecule has 0 spiro atoms. The van der Waals surface area contributed by atoms with Crippen LogP contribution in [0, 0.1) is 0 Å². The molecule has 1 heterocycles. The van der Waals surface area contributed by atoms with E-state index in [4.69, 9.17) is 0 Å². The first-order valence-electron chi connectivity index (χ1n) is 10.2. The van der Waals surface area contributed by atoms with Crippen molar-refractivity contribution in [2.75, 3.05) is 26.2 Å². The Kier molecular flexibility index (Phi) is 8.14. The summed E-state index contributed by atoms with van der Waals surface area (Å²) in [5.41, 5.74) is 2.45. The molecule has 1 atom stereocenters. The average molecular weight is 412 g/mol. The Bertz CT molecular complexity index is 777. The van der Waals surface area contributed by atoms with Gasteiger partial charge in [0.05, 0.1) is 0 Å². The summed E-state index contributed by atoms with van der Waals surface area (Å²) in [7, 11) is 0. The van der Waals surface area contributed by atoms with Gasteiger partial charge in [-0.25, -0.2) is 4.79 Å². The molecular formula is C23H29N3O2S. The van der Waals surface area contributed by atoms with Crippen LogP contribution in [0.5, 0.6) is 0 Å². The lowest BCUT2D eigenvalue weighted by Gasteiger charge is -2.35. The van der Waals surface area contributed by atoms with Crippen LogP contribution in [0.1, 0.15) is 24.0 Å². The molecule has 1 aliphatic rings. The number of amides is 2. The van der Waals surface area contributed by atoms with E-state index in [1.54, 1.807) is 0 Å². The number of carbonyl (C=O) groups excluding carboxylic acids is 2. The molecule has 154 valence electrons. The summed E-state index contributed by atoms with van der Waals surface area (Å²) < 4.78 is 0. The first kappa shape index (κ1) is 21.4. The molecule has 5 nitrogen and oxygen atoms in total.